The van der Waals surface area contributed by atoms with Crippen molar-refractivity contribution in [3.8, 4) is 0 Å². The highest BCUT2D eigenvalue weighted by Gasteiger charge is 2.07. The van der Waals surface area contributed by atoms with Gasteiger partial charge in [0, 0.05) is 0 Å². The van der Waals surface area contributed by atoms with Gasteiger partial charge in [-0.2, -0.15) is 0 Å². The van der Waals surface area contributed by atoms with E-state index in [0.717, 1.165) is 0 Å². The summed E-state index contributed by atoms with van der Waals surface area (Å²) in [5, 5.41) is 8.25. The summed E-state index contributed by atoms with van der Waals surface area (Å²) in [6.45, 7) is 1.83. The van der Waals surface area contributed by atoms with Gasteiger partial charge >= 0.3 is 5.97 Å². The normalized spacial score (nSPS) is 14.0. The van der Waals surface area contributed by atoms with Gasteiger partial charge in [-0.25, -0.2) is 0 Å². The van der Waals surface area contributed by atoms with Gasteiger partial charge in [0.1, 0.15) is 6.04 Å². The zero-order valence-corrected chi connectivity index (χ0v) is 5.37. The summed E-state index contributed by atoms with van der Waals surface area (Å²) >= 11 is 0. The van der Waals surface area contributed by atoms with Gasteiger partial charge in [-0.1, -0.05) is 12.2 Å². The molecule has 0 bridgehead atoms. The highest BCUT2D eigenvalue weighted by molar-refractivity contribution is 5.73. The minimum atomic E-state index is -0.951. The molecule has 0 aromatic heterocycles. The van der Waals surface area contributed by atoms with Crippen molar-refractivity contribution in [3.05, 3.63) is 12.2 Å². The number of carboxylic acid groups (broad SMARTS) is 1. The number of carbonyl (C=O) groups is 1. The molecule has 0 aliphatic rings. The van der Waals surface area contributed by atoms with Crippen LogP contribution in [0.2, 0.25) is 0 Å². The van der Waals surface area contributed by atoms with E-state index in [1.54, 1.807) is 12.2 Å². The van der Waals surface area contributed by atoms with Gasteiger partial charge in [0.2, 0.25) is 0 Å². The number of aliphatic carboxylic acids is 1. The van der Waals surface area contributed by atoms with Gasteiger partial charge in [0.05, 0.1) is 0 Å². The number of allylic oxidation sites excluding steroid dienone is 1. The van der Waals surface area contributed by atoms with Crippen LogP contribution >= 0.6 is 0 Å². The van der Waals surface area contributed by atoms with Gasteiger partial charge in [-0.15, -0.1) is 0 Å². The third-order valence-electron chi connectivity index (χ3n) is 0.943. The molecule has 0 unspecified atom stereocenters. The molecule has 0 aromatic rings. The third-order valence-corrected chi connectivity index (χ3v) is 0.943. The molecule has 3 heteroatoms. The van der Waals surface area contributed by atoms with E-state index in [4.69, 9.17) is 10.8 Å². The predicted molar refractivity (Wildman–Crippen MR) is 35.0 cm³/mol. The van der Waals surface area contributed by atoms with Crippen molar-refractivity contribution in [2.45, 2.75) is 19.4 Å². The third kappa shape index (κ3) is 3.73. The van der Waals surface area contributed by atoms with E-state index in [1.165, 1.54) is 0 Å². The molecular weight excluding hydrogens is 118 g/mol. The van der Waals surface area contributed by atoms with E-state index in [1.807, 2.05) is 6.92 Å². The second kappa shape index (κ2) is 4.09. The van der Waals surface area contributed by atoms with E-state index in [-0.39, 0.29) is 0 Å². The fraction of sp³-hybridized carbons (Fsp3) is 0.500. The molecule has 0 aliphatic heterocycles. The Hall–Kier alpha value is -0.830. The summed E-state index contributed by atoms with van der Waals surface area (Å²) in [4.78, 5) is 10.0. The summed E-state index contributed by atoms with van der Waals surface area (Å²) < 4.78 is 0. The fourth-order valence-corrected chi connectivity index (χ4v) is 0.384. The first kappa shape index (κ1) is 8.17. The molecule has 0 radical (unpaired) electrons. The van der Waals surface area contributed by atoms with Gasteiger partial charge in [-0.3, -0.25) is 4.79 Å². The molecule has 0 spiro atoms. The average Bonchev–Trinajstić information content (AvgIpc) is 1.82. The van der Waals surface area contributed by atoms with Crippen molar-refractivity contribution in [2.24, 2.45) is 5.73 Å². The number of carboxylic acids is 1. The molecule has 0 rings (SSSR count). The van der Waals surface area contributed by atoms with Gasteiger partial charge < -0.3 is 10.8 Å². The molecule has 0 saturated carbocycles. The molecule has 3 nitrogen and oxygen atoms in total. The largest absolute Gasteiger partial charge is 0.480 e. The van der Waals surface area contributed by atoms with Crippen LogP contribution in [0.15, 0.2) is 12.2 Å². The molecule has 0 aliphatic carbocycles. The van der Waals surface area contributed by atoms with Crippen LogP contribution in [-0.4, -0.2) is 17.1 Å². The number of rotatable bonds is 3. The van der Waals surface area contributed by atoms with E-state index in [0.29, 0.717) is 6.42 Å². The summed E-state index contributed by atoms with van der Waals surface area (Å²) in [5.41, 5.74) is 5.15. The van der Waals surface area contributed by atoms with E-state index < -0.39 is 12.0 Å². The summed E-state index contributed by atoms with van der Waals surface area (Å²) in [6.07, 6.45) is 3.92. The van der Waals surface area contributed by atoms with Crippen LogP contribution in [0.1, 0.15) is 13.3 Å². The number of hydrogen-bond acceptors (Lipinski definition) is 2. The van der Waals surface area contributed by atoms with Gasteiger partial charge in [0.15, 0.2) is 0 Å². The molecule has 0 amide bonds. The Balaban J connectivity index is 3.50. The van der Waals surface area contributed by atoms with Crippen LogP contribution < -0.4 is 5.73 Å². The van der Waals surface area contributed by atoms with Gasteiger partial charge in [0.25, 0.3) is 0 Å². The molecule has 0 saturated heterocycles. The Labute approximate surface area is 54.2 Å². The maximum atomic E-state index is 10.0. The average molecular weight is 129 g/mol. The first-order valence-corrected chi connectivity index (χ1v) is 2.78. The van der Waals surface area contributed by atoms with Crippen LogP contribution in [-0.2, 0) is 4.79 Å². The first-order chi connectivity index (χ1) is 4.18. The monoisotopic (exact) mass is 129 g/mol. The highest BCUT2D eigenvalue weighted by atomic mass is 16.4. The van der Waals surface area contributed by atoms with E-state index in [9.17, 15) is 4.79 Å². The van der Waals surface area contributed by atoms with Crippen molar-refractivity contribution in [1.82, 2.24) is 0 Å². The Kier molecular flexibility index (Phi) is 3.71. The molecular formula is C6H11NO2. The molecule has 0 fully saturated rings. The second-order valence-corrected chi connectivity index (χ2v) is 1.75. The highest BCUT2D eigenvalue weighted by Crippen LogP contribution is 1.88. The summed E-state index contributed by atoms with van der Waals surface area (Å²) in [6, 6.07) is -0.749. The van der Waals surface area contributed by atoms with Crippen LogP contribution in [0.5, 0.6) is 0 Å². The smallest absolute Gasteiger partial charge is 0.320 e. The molecule has 0 heterocycles. The zero-order valence-electron chi connectivity index (χ0n) is 5.37. The minimum Gasteiger partial charge on any atom is -0.480 e. The van der Waals surface area contributed by atoms with Crippen molar-refractivity contribution in [3.63, 3.8) is 0 Å². The molecule has 9 heavy (non-hydrogen) atoms. The summed E-state index contributed by atoms with van der Waals surface area (Å²) in [7, 11) is 0. The Morgan fingerprint density at radius 2 is 2.44 bits per heavy atom. The minimum absolute atomic E-state index is 0.409. The van der Waals surface area contributed by atoms with Crippen molar-refractivity contribution >= 4 is 5.97 Å². The van der Waals surface area contributed by atoms with Crippen molar-refractivity contribution < 1.29 is 9.90 Å². The van der Waals surface area contributed by atoms with Crippen molar-refractivity contribution in [2.75, 3.05) is 0 Å². The van der Waals surface area contributed by atoms with Crippen LogP contribution in [0.3, 0.4) is 0 Å². The Morgan fingerprint density at radius 1 is 1.89 bits per heavy atom. The van der Waals surface area contributed by atoms with Crippen LogP contribution in [0.4, 0.5) is 0 Å². The first-order valence-electron chi connectivity index (χ1n) is 2.78. The SMILES string of the molecule is C/C=C/C[C@H](N)C(=O)O. The lowest BCUT2D eigenvalue weighted by atomic mass is 10.2. The standard InChI is InChI=1S/C6H11NO2/c1-2-3-4-5(7)6(8)9/h2-3,5H,4,7H2,1H3,(H,8,9)/b3-2+/t5-/m0/s1. The number of nitrogens with two attached hydrogens (primary N) is 1. The predicted octanol–water partition coefficient (Wildman–Crippen LogP) is 0.365. The maximum Gasteiger partial charge on any atom is 0.320 e. The van der Waals surface area contributed by atoms with E-state index in [2.05, 4.69) is 0 Å². The quantitative estimate of drug-likeness (QED) is 0.541. The van der Waals surface area contributed by atoms with Crippen LogP contribution in [0.25, 0.3) is 0 Å². The summed E-state index contributed by atoms with van der Waals surface area (Å²) in [5.74, 6) is -0.951. The molecule has 0 aromatic carbocycles. The fourth-order valence-electron chi connectivity index (χ4n) is 0.384. The lowest BCUT2D eigenvalue weighted by Gasteiger charge is -1.98. The van der Waals surface area contributed by atoms with Crippen molar-refractivity contribution in [1.29, 1.82) is 0 Å². The molecule has 1 atom stereocenters. The van der Waals surface area contributed by atoms with E-state index >= 15 is 0 Å². The maximum absolute atomic E-state index is 10.0. The second-order valence-electron chi connectivity index (χ2n) is 1.75. The Morgan fingerprint density at radius 3 is 2.78 bits per heavy atom. The lowest BCUT2D eigenvalue weighted by molar-refractivity contribution is -0.138. The Bertz CT molecular complexity index is 120. The zero-order chi connectivity index (χ0) is 7.28. The molecule has 3 N–H and O–H groups in total. The molecule has 52 valence electrons. The number of hydrogen-bond donors (Lipinski definition) is 2. The van der Waals surface area contributed by atoms with Gasteiger partial charge in [-0.05, 0) is 13.3 Å². The lowest BCUT2D eigenvalue weighted by Crippen LogP contribution is -2.29. The topological polar surface area (TPSA) is 63.3 Å². The van der Waals surface area contributed by atoms with Crippen LogP contribution in [0, 0.1) is 0 Å².